The molecule has 4 heteroatoms. The molecule has 1 aliphatic rings. The van der Waals surface area contributed by atoms with Crippen molar-refractivity contribution in [3.63, 3.8) is 0 Å². The summed E-state index contributed by atoms with van der Waals surface area (Å²) in [6.07, 6.45) is 5.66. The molecule has 0 bridgehead atoms. The summed E-state index contributed by atoms with van der Waals surface area (Å²) in [4.78, 5) is 6.70. The number of para-hydroxylation sites is 1. The Morgan fingerprint density at radius 3 is 2.60 bits per heavy atom. The van der Waals surface area contributed by atoms with Crippen molar-refractivity contribution in [3.05, 3.63) is 66.1 Å². The van der Waals surface area contributed by atoms with Crippen molar-refractivity contribution < 1.29 is 4.39 Å². The number of benzene rings is 2. The van der Waals surface area contributed by atoms with Crippen molar-refractivity contribution in [2.45, 2.75) is 25.8 Å². The molecule has 128 valence electrons. The molecule has 1 fully saturated rings. The molecular formula is C21H22FN3. The lowest BCUT2D eigenvalue weighted by atomic mass is 10.1. The quantitative estimate of drug-likeness (QED) is 0.729. The molecule has 0 saturated carbocycles. The number of nitrogens with one attached hydrogen (secondary N) is 1. The molecule has 0 spiro atoms. The van der Waals surface area contributed by atoms with E-state index in [0.717, 1.165) is 29.7 Å². The summed E-state index contributed by atoms with van der Waals surface area (Å²) in [5.74, 6) is -0.273. The van der Waals surface area contributed by atoms with E-state index in [9.17, 15) is 4.39 Å². The molecule has 0 radical (unpaired) electrons. The van der Waals surface area contributed by atoms with Crippen LogP contribution in [0.2, 0.25) is 0 Å². The lowest BCUT2D eigenvalue weighted by molar-refractivity contribution is 0.578. The fourth-order valence-electron chi connectivity index (χ4n) is 3.41. The minimum atomic E-state index is -0.273. The monoisotopic (exact) mass is 335 g/mol. The summed E-state index contributed by atoms with van der Waals surface area (Å²) in [5.41, 5.74) is 3.85. The zero-order chi connectivity index (χ0) is 17.1. The van der Waals surface area contributed by atoms with Gasteiger partial charge in [0.15, 0.2) is 0 Å². The highest BCUT2D eigenvalue weighted by molar-refractivity contribution is 5.79. The van der Waals surface area contributed by atoms with Gasteiger partial charge in [0, 0.05) is 42.6 Å². The van der Waals surface area contributed by atoms with Crippen LogP contribution in [-0.2, 0) is 6.54 Å². The van der Waals surface area contributed by atoms with Gasteiger partial charge in [-0.05, 0) is 61.2 Å². The largest absolute Gasteiger partial charge is 0.381 e. The third kappa shape index (κ3) is 3.58. The molecule has 1 N–H and O–H groups in total. The molecule has 3 aromatic rings. The van der Waals surface area contributed by atoms with Gasteiger partial charge in [-0.2, -0.15) is 0 Å². The number of rotatable bonds is 4. The summed E-state index contributed by atoms with van der Waals surface area (Å²) in [7, 11) is 0. The molecule has 2 aromatic carbocycles. The third-order valence-electron chi connectivity index (χ3n) is 4.80. The molecular weight excluding hydrogens is 313 g/mol. The van der Waals surface area contributed by atoms with Gasteiger partial charge < -0.3 is 10.2 Å². The summed E-state index contributed by atoms with van der Waals surface area (Å²) in [6, 6.07) is 15.6. The zero-order valence-electron chi connectivity index (χ0n) is 14.2. The topological polar surface area (TPSA) is 28.2 Å². The van der Waals surface area contributed by atoms with Crippen LogP contribution in [0.25, 0.3) is 10.9 Å². The van der Waals surface area contributed by atoms with Gasteiger partial charge in [0.05, 0.1) is 0 Å². The first-order valence-corrected chi connectivity index (χ1v) is 8.92. The van der Waals surface area contributed by atoms with E-state index in [1.165, 1.54) is 31.0 Å². The van der Waals surface area contributed by atoms with Crippen LogP contribution in [0.5, 0.6) is 0 Å². The Balaban J connectivity index is 1.42. The maximum Gasteiger partial charge on any atom is 0.149 e. The lowest BCUT2D eigenvalue weighted by Crippen LogP contribution is -2.29. The number of aromatic nitrogens is 1. The molecule has 1 aliphatic heterocycles. The van der Waals surface area contributed by atoms with Gasteiger partial charge in [0.2, 0.25) is 0 Å². The summed E-state index contributed by atoms with van der Waals surface area (Å²) in [6.45, 7) is 2.99. The van der Waals surface area contributed by atoms with Gasteiger partial charge in [0.25, 0.3) is 0 Å². The average molecular weight is 335 g/mol. The predicted octanol–water partition coefficient (Wildman–Crippen LogP) is 4.98. The Bertz CT molecular complexity index is 855. The van der Waals surface area contributed by atoms with E-state index in [0.29, 0.717) is 12.1 Å². The number of hydrogen-bond acceptors (Lipinski definition) is 3. The van der Waals surface area contributed by atoms with Gasteiger partial charge in [-0.3, -0.25) is 4.98 Å². The van der Waals surface area contributed by atoms with Gasteiger partial charge >= 0.3 is 0 Å². The number of hydrogen-bond donors (Lipinski definition) is 1. The van der Waals surface area contributed by atoms with Crippen LogP contribution in [0.3, 0.4) is 0 Å². The Kier molecular flexibility index (Phi) is 4.51. The number of halogens is 1. The van der Waals surface area contributed by atoms with Crippen molar-refractivity contribution in [2.24, 2.45) is 0 Å². The number of fused-ring (bicyclic) bond motifs is 1. The first kappa shape index (κ1) is 15.9. The smallest absolute Gasteiger partial charge is 0.149 e. The second kappa shape index (κ2) is 7.09. The Morgan fingerprint density at radius 2 is 1.80 bits per heavy atom. The average Bonchev–Trinajstić information content (AvgIpc) is 2.68. The first-order valence-electron chi connectivity index (χ1n) is 8.92. The van der Waals surface area contributed by atoms with Gasteiger partial charge in [-0.25, -0.2) is 4.39 Å². The summed E-state index contributed by atoms with van der Waals surface area (Å²) in [5, 5.41) is 4.25. The van der Waals surface area contributed by atoms with Crippen molar-refractivity contribution in [1.29, 1.82) is 0 Å². The highest BCUT2D eigenvalue weighted by atomic mass is 19.1. The molecule has 1 aromatic heterocycles. The van der Waals surface area contributed by atoms with E-state index in [4.69, 9.17) is 0 Å². The van der Waals surface area contributed by atoms with Crippen LogP contribution < -0.4 is 10.2 Å². The Hall–Kier alpha value is -2.62. The minimum absolute atomic E-state index is 0.273. The normalized spacial score (nSPS) is 14.7. The van der Waals surface area contributed by atoms with Crippen LogP contribution in [0, 0.1) is 5.82 Å². The van der Waals surface area contributed by atoms with Crippen molar-refractivity contribution in [2.75, 3.05) is 23.3 Å². The second-order valence-corrected chi connectivity index (χ2v) is 6.60. The zero-order valence-corrected chi connectivity index (χ0v) is 14.2. The van der Waals surface area contributed by atoms with Crippen molar-refractivity contribution in [3.8, 4) is 0 Å². The molecule has 1 saturated heterocycles. The fraction of sp³-hybridized carbons (Fsp3) is 0.286. The maximum absolute atomic E-state index is 13.7. The van der Waals surface area contributed by atoms with Crippen LogP contribution in [0.4, 0.5) is 15.8 Å². The molecule has 0 unspecified atom stereocenters. The SMILES string of the molecule is Fc1cccc2cc(CNc3ccc(N4CCCCC4)cc3)cnc12. The van der Waals surface area contributed by atoms with E-state index in [-0.39, 0.29) is 5.82 Å². The van der Waals surface area contributed by atoms with Crippen LogP contribution in [0.1, 0.15) is 24.8 Å². The molecule has 0 amide bonds. The van der Waals surface area contributed by atoms with Crippen LogP contribution in [-0.4, -0.2) is 18.1 Å². The van der Waals surface area contributed by atoms with E-state index >= 15 is 0 Å². The van der Waals surface area contributed by atoms with E-state index < -0.39 is 0 Å². The number of anilines is 2. The highest BCUT2D eigenvalue weighted by Crippen LogP contribution is 2.22. The van der Waals surface area contributed by atoms with Crippen molar-refractivity contribution >= 4 is 22.3 Å². The second-order valence-electron chi connectivity index (χ2n) is 6.60. The molecule has 0 atom stereocenters. The van der Waals surface area contributed by atoms with E-state index in [2.05, 4.69) is 39.5 Å². The van der Waals surface area contributed by atoms with E-state index in [1.54, 1.807) is 12.3 Å². The fourth-order valence-corrected chi connectivity index (χ4v) is 3.41. The summed E-state index contributed by atoms with van der Waals surface area (Å²) >= 11 is 0. The minimum Gasteiger partial charge on any atom is -0.381 e. The number of nitrogens with zero attached hydrogens (tertiary/aromatic N) is 2. The summed E-state index contributed by atoms with van der Waals surface area (Å²) < 4.78 is 13.7. The first-order chi connectivity index (χ1) is 12.3. The van der Waals surface area contributed by atoms with Gasteiger partial charge in [0.1, 0.15) is 11.3 Å². The van der Waals surface area contributed by atoms with Gasteiger partial charge in [-0.1, -0.05) is 12.1 Å². The predicted molar refractivity (Wildman–Crippen MR) is 102 cm³/mol. The molecule has 25 heavy (non-hydrogen) atoms. The molecule has 2 heterocycles. The van der Waals surface area contributed by atoms with Crippen LogP contribution >= 0.6 is 0 Å². The maximum atomic E-state index is 13.7. The van der Waals surface area contributed by atoms with Crippen LogP contribution in [0.15, 0.2) is 54.7 Å². The van der Waals surface area contributed by atoms with Crippen molar-refractivity contribution in [1.82, 2.24) is 4.98 Å². The van der Waals surface area contributed by atoms with E-state index in [1.807, 2.05) is 12.1 Å². The number of pyridine rings is 1. The third-order valence-corrected chi connectivity index (χ3v) is 4.80. The highest BCUT2D eigenvalue weighted by Gasteiger charge is 2.10. The molecule has 0 aliphatic carbocycles. The van der Waals surface area contributed by atoms with Gasteiger partial charge in [-0.15, -0.1) is 0 Å². The lowest BCUT2D eigenvalue weighted by Gasteiger charge is -2.28. The molecule has 3 nitrogen and oxygen atoms in total. The number of piperidine rings is 1. The standard InChI is InChI=1S/C21H22FN3/c22-20-6-4-5-17-13-16(15-24-21(17)20)14-23-18-7-9-19(10-8-18)25-11-2-1-3-12-25/h4-10,13,15,23H,1-3,11-12,14H2. The Labute approximate surface area is 147 Å². The molecule has 4 rings (SSSR count). The Morgan fingerprint density at radius 1 is 1.00 bits per heavy atom.